The van der Waals surface area contributed by atoms with Crippen LogP contribution < -0.4 is 9.47 Å². The van der Waals surface area contributed by atoms with Crippen LogP contribution in [0.4, 0.5) is 8.78 Å². The largest absolute Gasteiger partial charge is 0.496 e. The van der Waals surface area contributed by atoms with Gasteiger partial charge in [0.25, 0.3) is 6.43 Å². The van der Waals surface area contributed by atoms with Crippen molar-refractivity contribution in [1.82, 2.24) is 14.9 Å². The number of thioether (sulfide) groups is 1. The van der Waals surface area contributed by atoms with E-state index in [4.69, 9.17) is 32.7 Å². The van der Waals surface area contributed by atoms with Gasteiger partial charge < -0.3 is 9.47 Å². The highest BCUT2D eigenvalue weighted by molar-refractivity contribution is 7.98. The van der Waals surface area contributed by atoms with Gasteiger partial charge in [-0.05, 0) is 42.2 Å². The highest BCUT2D eigenvalue weighted by Gasteiger charge is 2.19. The van der Waals surface area contributed by atoms with Gasteiger partial charge in [0, 0.05) is 5.56 Å². The number of halogens is 4. The van der Waals surface area contributed by atoms with Crippen LogP contribution in [0.25, 0.3) is 0 Å². The quantitative estimate of drug-likeness (QED) is 0.310. The van der Waals surface area contributed by atoms with Crippen LogP contribution in [0.2, 0.25) is 10.0 Å². The van der Waals surface area contributed by atoms with E-state index in [-0.39, 0.29) is 11.8 Å². The number of hydrogen-bond acceptors (Lipinski definition) is 6. The van der Waals surface area contributed by atoms with Crippen molar-refractivity contribution in [2.75, 3.05) is 13.4 Å². The molecule has 0 unspecified atom stereocenters. The molecule has 11 heteroatoms. The Morgan fingerprint density at radius 3 is 2.70 bits per heavy atom. The third kappa shape index (κ3) is 5.03. The van der Waals surface area contributed by atoms with E-state index < -0.39 is 12.2 Å². The van der Waals surface area contributed by atoms with Crippen LogP contribution in [-0.4, -0.2) is 34.5 Å². The first kappa shape index (κ1) is 22.3. The normalized spacial score (nSPS) is 11.4. The van der Waals surface area contributed by atoms with Gasteiger partial charge in [-0.15, -0.1) is 10.2 Å². The lowest BCUT2D eigenvalue weighted by atomic mass is 10.1. The van der Waals surface area contributed by atoms with Crippen LogP contribution in [0.15, 0.2) is 46.7 Å². The van der Waals surface area contributed by atoms with E-state index in [2.05, 4.69) is 15.3 Å². The predicted octanol–water partition coefficient (Wildman–Crippen LogP) is 5.71. The van der Waals surface area contributed by atoms with Crippen LogP contribution in [-0.2, 0) is 6.61 Å². The van der Waals surface area contributed by atoms with E-state index in [1.165, 1.54) is 25.1 Å². The van der Waals surface area contributed by atoms with E-state index in [1.807, 2.05) is 0 Å². The lowest BCUT2D eigenvalue weighted by Crippen LogP contribution is -2.02. The van der Waals surface area contributed by atoms with E-state index >= 15 is 0 Å². The van der Waals surface area contributed by atoms with Gasteiger partial charge in [-0.1, -0.05) is 41.0 Å². The summed E-state index contributed by atoms with van der Waals surface area (Å²) in [5.41, 5.74) is 1.35. The van der Waals surface area contributed by atoms with Gasteiger partial charge in [0.15, 0.2) is 0 Å². The molecule has 0 saturated heterocycles. The zero-order valence-corrected chi connectivity index (χ0v) is 18.2. The number of alkyl halides is 2. The van der Waals surface area contributed by atoms with E-state index in [9.17, 15) is 8.78 Å². The number of aromatic nitrogens is 3. The van der Waals surface area contributed by atoms with Gasteiger partial charge >= 0.3 is 0 Å². The van der Waals surface area contributed by atoms with Gasteiger partial charge in [-0.25, -0.2) is 8.78 Å². The summed E-state index contributed by atoms with van der Waals surface area (Å²) in [5.74, 6) is 0.497. The fourth-order valence-electron chi connectivity index (χ4n) is 2.52. The molecule has 0 bridgehead atoms. The van der Waals surface area contributed by atoms with Crippen molar-refractivity contribution in [1.29, 1.82) is 0 Å². The molecule has 0 spiro atoms. The molecule has 0 saturated carbocycles. The first-order valence-electron chi connectivity index (χ1n) is 8.50. The zero-order chi connectivity index (χ0) is 21.7. The maximum atomic E-state index is 13.1. The monoisotopic (exact) mass is 472 g/mol. The number of benzene rings is 2. The summed E-state index contributed by atoms with van der Waals surface area (Å²) < 4.78 is 38.4. The minimum absolute atomic E-state index is 0.149. The van der Waals surface area contributed by atoms with Crippen molar-refractivity contribution in [3.05, 3.63) is 63.4 Å². The number of rotatable bonds is 8. The Bertz CT molecular complexity index is 1060. The molecule has 0 radical (unpaired) electrons. The molecule has 0 aliphatic heterocycles. The summed E-state index contributed by atoms with van der Waals surface area (Å²) in [6, 6.07) is 10.3. The van der Waals surface area contributed by atoms with Crippen molar-refractivity contribution in [2.45, 2.75) is 18.2 Å². The molecule has 3 rings (SSSR count). The predicted molar refractivity (Wildman–Crippen MR) is 114 cm³/mol. The van der Waals surface area contributed by atoms with Gasteiger partial charge in [-0.3, -0.25) is 0 Å². The lowest BCUT2D eigenvalue weighted by Gasteiger charge is -2.12. The van der Waals surface area contributed by atoms with Gasteiger partial charge in [0.2, 0.25) is 11.0 Å². The Morgan fingerprint density at radius 2 is 2.00 bits per heavy atom. The average Bonchev–Trinajstić information content (AvgIpc) is 3.16. The Balaban J connectivity index is 1.85. The molecule has 1 aromatic heterocycles. The van der Waals surface area contributed by atoms with Crippen LogP contribution in [0.1, 0.15) is 23.4 Å². The van der Waals surface area contributed by atoms with E-state index in [1.54, 1.807) is 42.7 Å². The van der Waals surface area contributed by atoms with Gasteiger partial charge in [0.1, 0.15) is 23.1 Å². The topological polar surface area (TPSA) is 61.5 Å². The summed E-state index contributed by atoms with van der Waals surface area (Å²) in [6.45, 7) is 0.149. The molecule has 0 aliphatic carbocycles. The Hall–Kier alpha value is -2.36. The third-order valence-corrected chi connectivity index (χ3v) is 5.36. The molecular formula is C19H16Cl2F2N4O2S. The molecule has 0 amide bonds. The van der Waals surface area contributed by atoms with Crippen molar-refractivity contribution in [2.24, 2.45) is 5.10 Å². The Morgan fingerprint density at radius 1 is 1.20 bits per heavy atom. The molecule has 0 fully saturated rings. The summed E-state index contributed by atoms with van der Waals surface area (Å²) in [7, 11) is 1.54. The molecule has 30 heavy (non-hydrogen) atoms. The van der Waals surface area contributed by atoms with Crippen molar-refractivity contribution in [3.63, 3.8) is 0 Å². The molecule has 0 aliphatic rings. The highest BCUT2D eigenvalue weighted by Crippen LogP contribution is 2.32. The average molecular weight is 473 g/mol. The molecule has 6 nitrogen and oxygen atoms in total. The molecule has 2 aromatic carbocycles. The number of hydrogen-bond donors (Lipinski definition) is 0. The maximum Gasteiger partial charge on any atom is 0.299 e. The number of nitrogens with zero attached hydrogens (tertiary/aromatic N) is 4. The molecule has 3 aromatic rings. The highest BCUT2D eigenvalue weighted by atomic mass is 35.5. The number of ether oxygens (including phenoxy) is 2. The van der Waals surface area contributed by atoms with E-state index in [0.717, 1.165) is 4.68 Å². The van der Waals surface area contributed by atoms with Crippen molar-refractivity contribution in [3.8, 4) is 11.5 Å². The van der Waals surface area contributed by atoms with E-state index in [0.29, 0.717) is 32.7 Å². The van der Waals surface area contributed by atoms with Crippen LogP contribution in [0.3, 0.4) is 0 Å². The Labute approximate surface area is 185 Å². The zero-order valence-electron chi connectivity index (χ0n) is 15.9. The van der Waals surface area contributed by atoms with Crippen LogP contribution >= 0.6 is 35.0 Å². The maximum absolute atomic E-state index is 13.1. The second kappa shape index (κ2) is 10.1. The third-order valence-electron chi connectivity index (χ3n) is 3.94. The minimum Gasteiger partial charge on any atom is -0.496 e. The second-order valence-electron chi connectivity index (χ2n) is 5.81. The molecular weight excluding hydrogens is 457 g/mol. The number of methoxy groups -OCH3 is 1. The summed E-state index contributed by atoms with van der Waals surface area (Å²) >= 11 is 13.3. The van der Waals surface area contributed by atoms with Crippen LogP contribution in [0, 0.1) is 0 Å². The molecule has 0 atom stereocenters. The molecule has 158 valence electrons. The Kier molecular flexibility index (Phi) is 7.52. The van der Waals surface area contributed by atoms with Crippen molar-refractivity contribution < 1.29 is 18.3 Å². The van der Waals surface area contributed by atoms with Crippen LogP contribution in [0.5, 0.6) is 11.5 Å². The fourth-order valence-corrected chi connectivity index (χ4v) is 3.30. The SMILES string of the molecule is COc1ccc(C=Nn2c(SC)nnc2C(F)F)cc1COc1cccc(Cl)c1Cl. The summed E-state index contributed by atoms with van der Waals surface area (Å²) in [4.78, 5) is 0. The molecule has 1 heterocycles. The minimum atomic E-state index is -2.79. The molecule has 0 N–H and O–H groups in total. The smallest absolute Gasteiger partial charge is 0.299 e. The van der Waals surface area contributed by atoms with Crippen molar-refractivity contribution >= 4 is 41.2 Å². The standard InChI is InChI=1S/C19H16Cl2F2N4O2S/c1-28-14-7-6-11(9-24-27-18(17(22)23)25-26-19(27)30-2)8-12(14)10-29-15-5-3-4-13(20)16(15)21/h3-9,17H,10H2,1-2H3. The summed E-state index contributed by atoms with van der Waals surface area (Å²) in [6.07, 6.45) is 0.345. The van der Waals surface area contributed by atoms with Gasteiger partial charge in [-0.2, -0.15) is 9.78 Å². The lowest BCUT2D eigenvalue weighted by molar-refractivity contribution is 0.135. The first-order chi connectivity index (χ1) is 14.4. The summed E-state index contributed by atoms with van der Waals surface area (Å²) in [5, 5.41) is 12.3. The van der Waals surface area contributed by atoms with Gasteiger partial charge in [0.05, 0.1) is 18.3 Å². The first-order valence-corrected chi connectivity index (χ1v) is 10.5. The fraction of sp³-hybridized carbons (Fsp3) is 0.211. The second-order valence-corrected chi connectivity index (χ2v) is 7.37.